The van der Waals surface area contributed by atoms with Crippen LogP contribution in [0.2, 0.25) is 0 Å². The van der Waals surface area contributed by atoms with Gasteiger partial charge in [0.05, 0.1) is 17.9 Å². The molecule has 1 amide bonds. The van der Waals surface area contributed by atoms with Crippen molar-refractivity contribution in [3.63, 3.8) is 0 Å². The number of esters is 2. The lowest BCUT2D eigenvalue weighted by Gasteiger charge is -2.32. The van der Waals surface area contributed by atoms with E-state index < -0.39 is 45.9 Å². The van der Waals surface area contributed by atoms with Gasteiger partial charge in [-0.3, -0.25) is 14.4 Å². The Hall–Kier alpha value is -2.98. The van der Waals surface area contributed by atoms with Crippen LogP contribution in [0.15, 0.2) is 47.4 Å². The van der Waals surface area contributed by atoms with Crippen LogP contribution in [-0.4, -0.2) is 62.0 Å². The summed E-state index contributed by atoms with van der Waals surface area (Å²) in [6, 6.07) is 10.3. The second kappa shape index (κ2) is 12.0. The number of hydrogen-bond acceptors (Lipinski definition) is 7. The highest BCUT2D eigenvalue weighted by Crippen LogP contribution is 2.26. The minimum atomic E-state index is -4.20. The van der Waals surface area contributed by atoms with Crippen molar-refractivity contribution in [3.8, 4) is 0 Å². The SMILES string of the molecule is CCOC(=O)CN(C(=O)[C@H](CC(=O)OC(C)(C)C)NS(=O)(=O)c1ccc2ccccc2c1)C1CCCC1. The van der Waals surface area contributed by atoms with Crippen molar-refractivity contribution in [3.05, 3.63) is 42.5 Å². The first kappa shape index (κ1) is 28.6. The third-order valence-electron chi connectivity index (χ3n) is 6.07. The van der Waals surface area contributed by atoms with Crippen molar-refractivity contribution in [2.45, 2.75) is 82.4 Å². The summed E-state index contributed by atoms with van der Waals surface area (Å²) in [5, 5.41) is 1.58. The molecule has 0 unspecified atom stereocenters. The van der Waals surface area contributed by atoms with Gasteiger partial charge in [0, 0.05) is 6.04 Å². The zero-order chi connectivity index (χ0) is 27.2. The van der Waals surface area contributed by atoms with Gasteiger partial charge in [0.2, 0.25) is 15.9 Å². The molecule has 3 rings (SSSR count). The number of carbonyl (C=O) groups is 3. The van der Waals surface area contributed by atoms with Crippen molar-refractivity contribution >= 4 is 38.6 Å². The quantitative estimate of drug-likeness (QED) is 0.465. The molecule has 1 N–H and O–H groups in total. The van der Waals surface area contributed by atoms with Crippen LogP contribution in [0.1, 0.15) is 59.8 Å². The average Bonchev–Trinajstić information content (AvgIpc) is 3.35. The van der Waals surface area contributed by atoms with E-state index in [0.29, 0.717) is 12.8 Å². The molecule has 0 aromatic heterocycles. The van der Waals surface area contributed by atoms with E-state index >= 15 is 0 Å². The lowest BCUT2D eigenvalue weighted by atomic mass is 10.1. The van der Waals surface area contributed by atoms with E-state index in [-0.39, 0.29) is 24.1 Å². The third kappa shape index (κ3) is 8.00. The molecule has 1 atom stereocenters. The van der Waals surface area contributed by atoms with Crippen LogP contribution in [-0.2, 0) is 33.9 Å². The molecular formula is C27H36N2O7S. The fraction of sp³-hybridized carbons (Fsp3) is 0.519. The van der Waals surface area contributed by atoms with Crippen LogP contribution in [0.25, 0.3) is 10.8 Å². The highest BCUT2D eigenvalue weighted by Gasteiger charge is 2.37. The van der Waals surface area contributed by atoms with Crippen LogP contribution >= 0.6 is 0 Å². The largest absolute Gasteiger partial charge is 0.465 e. The third-order valence-corrected chi connectivity index (χ3v) is 7.54. The number of hydrogen-bond donors (Lipinski definition) is 1. The monoisotopic (exact) mass is 532 g/mol. The Kier molecular flexibility index (Phi) is 9.31. The Morgan fingerprint density at radius 3 is 2.30 bits per heavy atom. The minimum absolute atomic E-state index is 0.0361. The average molecular weight is 533 g/mol. The molecule has 0 heterocycles. The van der Waals surface area contributed by atoms with Crippen molar-refractivity contribution < 1.29 is 32.3 Å². The van der Waals surface area contributed by atoms with Gasteiger partial charge in [-0.25, -0.2) is 8.42 Å². The summed E-state index contributed by atoms with van der Waals surface area (Å²) < 4.78 is 39.7. The van der Waals surface area contributed by atoms with Crippen LogP contribution in [0.5, 0.6) is 0 Å². The highest BCUT2D eigenvalue weighted by atomic mass is 32.2. The molecule has 0 radical (unpaired) electrons. The Bertz CT molecular complexity index is 1230. The predicted octanol–water partition coefficient (Wildman–Crippen LogP) is 3.55. The molecule has 10 heteroatoms. The molecule has 202 valence electrons. The first-order chi connectivity index (χ1) is 17.4. The van der Waals surface area contributed by atoms with E-state index in [1.165, 1.54) is 17.0 Å². The summed E-state index contributed by atoms with van der Waals surface area (Å²) in [7, 11) is -4.20. The molecule has 2 aromatic rings. The number of rotatable bonds is 10. The Morgan fingerprint density at radius 1 is 1.03 bits per heavy atom. The number of ether oxygens (including phenoxy) is 2. The highest BCUT2D eigenvalue weighted by molar-refractivity contribution is 7.89. The molecule has 0 bridgehead atoms. The van der Waals surface area contributed by atoms with E-state index in [1.54, 1.807) is 45.9 Å². The molecule has 0 spiro atoms. The van der Waals surface area contributed by atoms with Gasteiger partial charge in [0.15, 0.2) is 0 Å². The van der Waals surface area contributed by atoms with E-state index in [9.17, 15) is 22.8 Å². The standard InChI is InChI=1S/C27H36N2O7S/c1-5-35-25(31)18-29(21-12-8-9-13-21)26(32)23(17-24(30)36-27(2,3)4)28-37(33,34)22-15-14-19-10-6-7-11-20(19)16-22/h6-7,10-11,14-16,21,23,28H,5,8-9,12-13,17-18H2,1-4H3/t23-/m0/s1. The van der Waals surface area contributed by atoms with Crippen LogP contribution in [0, 0.1) is 0 Å². The van der Waals surface area contributed by atoms with Crippen molar-refractivity contribution in [1.82, 2.24) is 9.62 Å². The van der Waals surface area contributed by atoms with Crippen LogP contribution in [0.3, 0.4) is 0 Å². The number of nitrogens with one attached hydrogen (secondary N) is 1. The fourth-order valence-corrected chi connectivity index (χ4v) is 5.69. The van der Waals surface area contributed by atoms with Gasteiger partial charge in [-0.1, -0.05) is 43.2 Å². The first-order valence-electron chi connectivity index (χ1n) is 12.6. The molecule has 9 nitrogen and oxygen atoms in total. The minimum Gasteiger partial charge on any atom is -0.465 e. The zero-order valence-corrected chi connectivity index (χ0v) is 22.7. The van der Waals surface area contributed by atoms with Crippen molar-refractivity contribution in [2.75, 3.05) is 13.2 Å². The second-order valence-electron chi connectivity index (χ2n) is 10.2. The van der Waals surface area contributed by atoms with Gasteiger partial charge in [-0.15, -0.1) is 0 Å². The normalized spacial score (nSPS) is 15.4. The lowest BCUT2D eigenvalue weighted by molar-refractivity contribution is -0.158. The molecular weight excluding hydrogens is 496 g/mol. The van der Waals surface area contributed by atoms with Crippen LogP contribution < -0.4 is 4.72 Å². The number of sulfonamides is 1. The topological polar surface area (TPSA) is 119 Å². The maximum Gasteiger partial charge on any atom is 0.325 e. The number of amides is 1. The fourth-order valence-electron chi connectivity index (χ4n) is 4.47. The Labute approximate surface area is 218 Å². The number of nitrogens with zero attached hydrogens (tertiary/aromatic N) is 1. The first-order valence-corrected chi connectivity index (χ1v) is 14.1. The maximum absolute atomic E-state index is 13.8. The summed E-state index contributed by atoms with van der Waals surface area (Å²) in [6.07, 6.45) is 2.62. The van der Waals surface area contributed by atoms with Gasteiger partial charge in [-0.05, 0) is 63.4 Å². The van der Waals surface area contributed by atoms with Gasteiger partial charge in [0.1, 0.15) is 18.2 Å². The summed E-state index contributed by atoms with van der Waals surface area (Å²) in [5.41, 5.74) is -0.821. The van der Waals surface area contributed by atoms with Crippen molar-refractivity contribution in [2.24, 2.45) is 0 Å². The van der Waals surface area contributed by atoms with Gasteiger partial charge in [0.25, 0.3) is 0 Å². The molecule has 0 aliphatic heterocycles. The molecule has 0 saturated heterocycles. The maximum atomic E-state index is 13.8. The Morgan fingerprint density at radius 2 is 1.68 bits per heavy atom. The summed E-state index contributed by atoms with van der Waals surface area (Å²) in [4.78, 5) is 40.1. The van der Waals surface area contributed by atoms with E-state index in [2.05, 4.69) is 4.72 Å². The van der Waals surface area contributed by atoms with Gasteiger partial charge < -0.3 is 14.4 Å². The molecule has 1 saturated carbocycles. The molecule has 1 aliphatic rings. The number of fused-ring (bicyclic) bond motifs is 1. The smallest absolute Gasteiger partial charge is 0.325 e. The molecule has 1 aliphatic carbocycles. The number of benzene rings is 2. The van der Waals surface area contributed by atoms with E-state index in [0.717, 1.165) is 23.6 Å². The van der Waals surface area contributed by atoms with E-state index in [1.807, 2.05) is 12.1 Å². The summed E-state index contributed by atoms with van der Waals surface area (Å²) in [6.45, 7) is 6.57. The molecule has 2 aromatic carbocycles. The van der Waals surface area contributed by atoms with Gasteiger partial charge >= 0.3 is 11.9 Å². The molecule has 37 heavy (non-hydrogen) atoms. The predicted molar refractivity (Wildman–Crippen MR) is 139 cm³/mol. The number of carbonyl (C=O) groups excluding carboxylic acids is 3. The van der Waals surface area contributed by atoms with E-state index in [4.69, 9.17) is 9.47 Å². The van der Waals surface area contributed by atoms with Crippen molar-refractivity contribution in [1.29, 1.82) is 0 Å². The Balaban J connectivity index is 1.93. The lowest BCUT2D eigenvalue weighted by Crippen LogP contribution is -2.53. The summed E-state index contributed by atoms with van der Waals surface area (Å²) >= 11 is 0. The molecule has 1 fully saturated rings. The van der Waals surface area contributed by atoms with Crippen LogP contribution in [0.4, 0.5) is 0 Å². The summed E-state index contributed by atoms with van der Waals surface area (Å²) in [5.74, 6) is -1.97. The van der Waals surface area contributed by atoms with Gasteiger partial charge in [-0.2, -0.15) is 4.72 Å². The second-order valence-corrected chi connectivity index (χ2v) is 11.9. The zero-order valence-electron chi connectivity index (χ0n) is 21.9.